The molecule has 1 rings (SSSR count). The molecule has 0 aromatic heterocycles. The second-order valence-electron chi connectivity index (χ2n) is 3.18. The van der Waals surface area contributed by atoms with Crippen molar-refractivity contribution in [3.8, 4) is 5.75 Å². The van der Waals surface area contributed by atoms with E-state index in [0.29, 0.717) is 24.5 Å². The van der Waals surface area contributed by atoms with E-state index in [1.807, 2.05) is 0 Å². The molecule has 0 unspecified atom stereocenters. The van der Waals surface area contributed by atoms with Crippen molar-refractivity contribution < 1.29 is 18.3 Å². The number of benzene rings is 1. The zero-order chi connectivity index (χ0) is 12.0. The second-order valence-corrected chi connectivity index (χ2v) is 3.55. The first-order chi connectivity index (χ1) is 7.69. The predicted octanol–water partition coefficient (Wildman–Crippen LogP) is 3.12. The molecule has 0 bridgehead atoms. The molecule has 0 aliphatic heterocycles. The minimum absolute atomic E-state index is 0.0206. The highest BCUT2D eigenvalue weighted by Gasteiger charge is 2.11. The Labute approximate surface area is 98.1 Å². The van der Waals surface area contributed by atoms with Gasteiger partial charge in [-0.1, -0.05) is 0 Å². The topological polar surface area (TPSA) is 18.5 Å². The number of ether oxygens (including phenoxy) is 2. The predicted molar refractivity (Wildman–Crippen MR) is 57.9 cm³/mol. The molecule has 16 heavy (non-hydrogen) atoms. The lowest BCUT2D eigenvalue weighted by molar-refractivity contribution is 0.119. The quantitative estimate of drug-likeness (QED) is 0.571. The molecular weight excluding hydrogens is 238 g/mol. The van der Waals surface area contributed by atoms with Gasteiger partial charge in [-0.2, -0.15) is 0 Å². The molecule has 0 N–H and O–H groups in total. The Hall–Kier alpha value is -0.870. The molecule has 0 aliphatic carbocycles. The van der Waals surface area contributed by atoms with Gasteiger partial charge in [0.15, 0.2) is 11.6 Å². The monoisotopic (exact) mass is 250 g/mol. The lowest BCUT2D eigenvalue weighted by atomic mass is 10.2. The number of methoxy groups -OCH3 is 1. The van der Waals surface area contributed by atoms with Crippen LogP contribution in [0.3, 0.4) is 0 Å². The molecule has 1 aromatic carbocycles. The minimum atomic E-state index is -0.724. The van der Waals surface area contributed by atoms with E-state index in [4.69, 9.17) is 21.1 Å². The van der Waals surface area contributed by atoms with Gasteiger partial charge >= 0.3 is 0 Å². The Morgan fingerprint density at radius 2 is 2.06 bits per heavy atom. The fraction of sp³-hybridized carbons (Fsp3) is 0.455. The van der Waals surface area contributed by atoms with Crippen molar-refractivity contribution in [1.29, 1.82) is 0 Å². The van der Waals surface area contributed by atoms with Crippen LogP contribution >= 0.6 is 11.6 Å². The third kappa shape index (κ3) is 3.61. The average Bonchev–Trinajstić information content (AvgIpc) is 2.24. The Morgan fingerprint density at radius 3 is 2.69 bits per heavy atom. The summed E-state index contributed by atoms with van der Waals surface area (Å²) in [5.41, 5.74) is 0.356. The first-order valence-corrected chi connectivity index (χ1v) is 5.38. The van der Waals surface area contributed by atoms with Gasteiger partial charge in [-0.15, -0.1) is 11.6 Å². The van der Waals surface area contributed by atoms with Gasteiger partial charge in [-0.05, 0) is 12.5 Å². The van der Waals surface area contributed by atoms with Crippen molar-refractivity contribution in [2.75, 3.05) is 19.6 Å². The SMILES string of the molecule is COc1c(F)cc(F)cc1COCCCCl. The first kappa shape index (κ1) is 13.2. The minimum Gasteiger partial charge on any atom is -0.493 e. The van der Waals surface area contributed by atoms with Crippen molar-refractivity contribution in [2.24, 2.45) is 0 Å². The van der Waals surface area contributed by atoms with Crippen LogP contribution in [0.2, 0.25) is 0 Å². The van der Waals surface area contributed by atoms with Gasteiger partial charge in [0.2, 0.25) is 0 Å². The molecule has 0 spiro atoms. The lowest BCUT2D eigenvalue weighted by Crippen LogP contribution is -2.01. The van der Waals surface area contributed by atoms with Gasteiger partial charge in [0.05, 0.1) is 13.7 Å². The number of hydrogen-bond acceptors (Lipinski definition) is 2. The van der Waals surface area contributed by atoms with Crippen molar-refractivity contribution >= 4 is 11.6 Å². The third-order valence-electron chi connectivity index (χ3n) is 1.97. The normalized spacial score (nSPS) is 10.5. The number of hydrogen-bond donors (Lipinski definition) is 0. The lowest BCUT2D eigenvalue weighted by Gasteiger charge is -2.10. The molecule has 0 radical (unpaired) electrons. The summed E-state index contributed by atoms with van der Waals surface area (Å²) in [7, 11) is 1.33. The van der Waals surface area contributed by atoms with Crippen molar-refractivity contribution in [1.82, 2.24) is 0 Å². The molecule has 0 saturated carbocycles. The zero-order valence-electron chi connectivity index (χ0n) is 8.93. The number of rotatable bonds is 6. The van der Waals surface area contributed by atoms with E-state index in [-0.39, 0.29) is 12.4 Å². The van der Waals surface area contributed by atoms with Gasteiger partial charge in [-0.25, -0.2) is 8.78 Å². The summed E-state index contributed by atoms with van der Waals surface area (Å²) in [4.78, 5) is 0. The maximum absolute atomic E-state index is 13.2. The summed E-state index contributed by atoms with van der Waals surface area (Å²) >= 11 is 5.47. The number of alkyl halides is 1. The summed E-state index contributed by atoms with van der Waals surface area (Å²) in [6, 6.07) is 1.98. The highest BCUT2D eigenvalue weighted by Crippen LogP contribution is 2.24. The van der Waals surface area contributed by atoms with Gasteiger partial charge in [0, 0.05) is 24.1 Å². The van der Waals surface area contributed by atoms with Crippen LogP contribution in [0.1, 0.15) is 12.0 Å². The molecule has 0 heterocycles. The Balaban J connectivity index is 2.69. The fourth-order valence-electron chi connectivity index (χ4n) is 1.29. The Morgan fingerprint density at radius 1 is 1.31 bits per heavy atom. The zero-order valence-corrected chi connectivity index (χ0v) is 9.69. The fourth-order valence-corrected chi connectivity index (χ4v) is 1.40. The Bertz CT molecular complexity index is 345. The van der Waals surface area contributed by atoms with Crippen molar-refractivity contribution in [3.63, 3.8) is 0 Å². The molecular formula is C11H13ClF2O2. The summed E-state index contributed by atoms with van der Waals surface area (Å²) in [5, 5.41) is 0. The maximum Gasteiger partial charge on any atom is 0.168 e. The molecule has 90 valence electrons. The summed E-state index contributed by atoms with van der Waals surface area (Å²) in [6.45, 7) is 0.555. The highest BCUT2D eigenvalue weighted by molar-refractivity contribution is 6.17. The smallest absolute Gasteiger partial charge is 0.168 e. The third-order valence-corrected chi connectivity index (χ3v) is 2.24. The second kappa shape index (κ2) is 6.66. The van der Waals surface area contributed by atoms with Crippen LogP contribution in [-0.4, -0.2) is 19.6 Å². The average molecular weight is 251 g/mol. The standard InChI is InChI=1S/C11H13ClF2O2/c1-15-11-8(7-16-4-2-3-12)5-9(13)6-10(11)14/h5-6H,2-4,7H2,1H3. The van der Waals surface area contributed by atoms with E-state index in [1.165, 1.54) is 13.2 Å². The highest BCUT2D eigenvalue weighted by atomic mass is 35.5. The molecule has 0 saturated heterocycles. The molecule has 2 nitrogen and oxygen atoms in total. The molecule has 1 aromatic rings. The maximum atomic E-state index is 13.2. The van der Waals surface area contributed by atoms with Crippen LogP contribution in [0, 0.1) is 11.6 Å². The first-order valence-electron chi connectivity index (χ1n) is 4.84. The Kier molecular flexibility index (Phi) is 5.49. The van der Waals surface area contributed by atoms with Crippen LogP contribution in [0.15, 0.2) is 12.1 Å². The van der Waals surface area contributed by atoms with Crippen LogP contribution in [0.25, 0.3) is 0 Å². The summed E-state index contributed by atoms with van der Waals surface area (Å²) in [6.07, 6.45) is 0.696. The number of halogens is 3. The van der Waals surface area contributed by atoms with Crippen molar-refractivity contribution in [2.45, 2.75) is 13.0 Å². The molecule has 0 aliphatic rings. The molecule has 0 fully saturated rings. The van der Waals surface area contributed by atoms with Crippen LogP contribution < -0.4 is 4.74 Å². The van der Waals surface area contributed by atoms with E-state index >= 15 is 0 Å². The summed E-state index contributed by atoms with van der Waals surface area (Å²) < 4.78 is 36.2. The van der Waals surface area contributed by atoms with E-state index < -0.39 is 11.6 Å². The summed E-state index contributed by atoms with van der Waals surface area (Å²) in [5.74, 6) is -0.853. The van der Waals surface area contributed by atoms with E-state index in [2.05, 4.69) is 0 Å². The van der Waals surface area contributed by atoms with Gasteiger partial charge in [0.25, 0.3) is 0 Å². The largest absolute Gasteiger partial charge is 0.493 e. The van der Waals surface area contributed by atoms with Crippen LogP contribution in [0.4, 0.5) is 8.78 Å². The van der Waals surface area contributed by atoms with Gasteiger partial charge < -0.3 is 9.47 Å². The van der Waals surface area contributed by atoms with Crippen LogP contribution in [-0.2, 0) is 11.3 Å². The van der Waals surface area contributed by atoms with E-state index in [1.54, 1.807) is 0 Å². The van der Waals surface area contributed by atoms with Gasteiger partial charge in [-0.3, -0.25) is 0 Å². The van der Waals surface area contributed by atoms with Crippen molar-refractivity contribution in [3.05, 3.63) is 29.3 Å². The van der Waals surface area contributed by atoms with Gasteiger partial charge in [0.1, 0.15) is 5.82 Å². The molecule has 0 amide bonds. The molecule has 5 heteroatoms. The van der Waals surface area contributed by atoms with E-state index in [0.717, 1.165) is 6.07 Å². The van der Waals surface area contributed by atoms with Crippen LogP contribution in [0.5, 0.6) is 5.75 Å². The van der Waals surface area contributed by atoms with E-state index in [9.17, 15) is 8.78 Å². The molecule has 0 atom stereocenters.